The number of likely N-dealkylation sites (N-methyl/N-ethyl adjacent to an activating group) is 1. The monoisotopic (exact) mass is 284 g/mol. The van der Waals surface area contributed by atoms with Crippen molar-refractivity contribution in [2.75, 3.05) is 45.1 Å². The molecule has 7 heteroatoms. The third-order valence-electron chi connectivity index (χ3n) is 3.18. The van der Waals surface area contributed by atoms with Gasteiger partial charge in [0.2, 0.25) is 0 Å². The van der Waals surface area contributed by atoms with E-state index in [2.05, 4.69) is 15.2 Å². The quantitative estimate of drug-likeness (QED) is 0.869. The summed E-state index contributed by atoms with van der Waals surface area (Å²) in [6.45, 7) is 5.13. The second-order valence-electron chi connectivity index (χ2n) is 4.59. The molecule has 0 bridgehead atoms. The SMILES string of the molecule is CCNc1cccnc1S(=O)(=O)N1CCN(C)CC1. The third kappa shape index (κ3) is 3.05. The lowest BCUT2D eigenvalue weighted by atomic mass is 10.4. The van der Waals surface area contributed by atoms with E-state index < -0.39 is 10.0 Å². The van der Waals surface area contributed by atoms with Gasteiger partial charge in [-0.1, -0.05) is 0 Å². The second-order valence-corrected chi connectivity index (χ2v) is 6.45. The fourth-order valence-corrected chi connectivity index (χ4v) is 3.57. The van der Waals surface area contributed by atoms with Crippen molar-refractivity contribution in [3.63, 3.8) is 0 Å². The van der Waals surface area contributed by atoms with Crippen LogP contribution in [-0.2, 0) is 10.0 Å². The molecule has 0 spiro atoms. The fraction of sp³-hybridized carbons (Fsp3) is 0.583. The zero-order chi connectivity index (χ0) is 13.9. The first-order valence-electron chi connectivity index (χ1n) is 6.43. The molecule has 2 rings (SSSR count). The number of anilines is 1. The van der Waals surface area contributed by atoms with Crippen molar-refractivity contribution in [3.05, 3.63) is 18.3 Å². The summed E-state index contributed by atoms with van der Waals surface area (Å²) in [5.41, 5.74) is 0.573. The molecule has 1 aromatic heterocycles. The molecular formula is C12H20N4O2S. The van der Waals surface area contributed by atoms with Crippen LogP contribution in [0.3, 0.4) is 0 Å². The molecule has 1 aliphatic rings. The van der Waals surface area contributed by atoms with Crippen LogP contribution in [0.4, 0.5) is 5.69 Å². The van der Waals surface area contributed by atoms with Gasteiger partial charge in [0, 0.05) is 38.9 Å². The number of hydrogen-bond acceptors (Lipinski definition) is 5. The summed E-state index contributed by atoms with van der Waals surface area (Å²) in [7, 11) is -1.51. The number of pyridine rings is 1. The molecular weight excluding hydrogens is 264 g/mol. The lowest BCUT2D eigenvalue weighted by molar-refractivity contribution is 0.222. The van der Waals surface area contributed by atoms with E-state index in [1.54, 1.807) is 12.1 Å². The van der Waals surface area contributed by atoms with Crippen LogP contribution in [0, 0.1) is 0 Å². The van der Waals surface area contributed by atoms with Gasteiger partial charge >= 0.3 is 0 Å². The Morgan fingerprint density at radius 1 is 1.32 bits per heavy atom. The van der Waals surface area contributed by atoms with Gasteiger partial charge in [0.25, 0.3) is 10.0 Å². The molecule has 0 aromatic carbocycles. The zero-order valence-electron chi connectivity index (χ0n) is 11.3. The van der Waals surface area contributed by atoms with Crippen LogP contribution in [0.25, 0.3) is 0 Å². The number of piperazine rings is 1. The Hall–Kier alpha value is -1.18. The van der Waals surface area contributed by atoms with E-state index in [1.165, 1.54) is 10.5 Å². The zero-order valence-corrected chi connectivity index (χ0v) is 12.2. The lowest BCUT2D eigenvalue weighted by Crippen LogP contribution is -2.47. The van der Waals surface area contributed by atoms with Crippen LogP contribution in [-0.4, -0.2) is 62.4 Å². The van der Waals surface area contributed by atoms with E-state index in [1.807, 2.05) is 14.0 Å². The van der Waals surface area contributed by atoms with Gasteiger partial charge in [-0.2, -0.15) is 4.31 Å². The van der Waals surface area contributed by atoms with Gasteiger partial charge in [-0.15, -0.1) is 0 Å². The smallest absolute Gasteiger partial charge is 0.262 e. The van der Waals surface area contributed by atoms with E-state index in [4.69, 9.17) is 0 Å². The lowest BCUT2D eigenvalue weighted by Gasteiger charge is -2.31. The van der Waals surface area contributed by atoms with Gasteiger partial charge in [-0.3, -0.25) is 0 Å². The second kappa shape index (κ2) is 5.85. The van der Waals surface area contributed by atoms with Crippen molar-refractivity contribution in [1.82, 2.24) is 14.2 Å². The summed E-state index contributed by atoms with van der Waals surface area (Å²) < 4.78 is 26.7. The molecule has 2 heterocycles. The topological polar surface area (TPSA) is 65.5 Å². The summed E-state index contributed by atoms with van der Waals surface area (Å²) in [5, 5.41) is 3.18. The Morgan fingerprint density at radius 3 is 2.63 bits per heavy atom. The van der Waals surface area contributed by atoms with Crippen LogP contribution in [0.15, 0.2) is 23.4 Å². The molecule has 0 unspecified atom stereocenters. The molecule has 106 valence electrons. The van der Waals surface area contributed by atoms with Crippen LogP contribution in [0.1, 0.15) is 6.92 Å². The highest BCUT2D eigenvalue weighted by molar-refractivity contribution is 7.89. The molecule has 19 heavy (non-hydrogen) atoms. The van der Waals surface area contributed by atoms with Crippen molar-refractivity contribution in [2.45, 2.75) is 11.9 Å². The van der Waals surface area contributed by atoms with E-state index in [0.717, 1.165) is 13.1 Å². The maximum Gasteiger partial charge on any atom is 0.262 e. The molecule has 0 radical (unpaired) electrons. The highest BCUT2D eigenvalue weighted by Crippen LogP contribution is 2.22. The fourth-order valence-electron chi connectivity index (χ4n) is 2.07. The molecule has 0 saturated carbocycles. The summed E-state index contributed by atoms with van der Waals surface area (Å²) in [5.74, 6) is 0. The summed E-state index contributed by atoms with van der Waals surface area (Å²) in [6, 6.07) is 3.49. The minimum absolute atomic E-state index is 0.126. The van der Waals surface area contributed by atoms with E-state index in [9.17, 15) is 8.42 Å². The number of aromatic nitrogens is 1. The predicted octanol–water partition coefficient (Wildman–Crippen LogP) is 0.449. The predicted molar refractivity (Wildman–Crippen MR) is 74.7 cm³/mol. The Kier molecular flexibility index (Phi) is 4.38. The van der Waals surface area contributed by atoms with Gasteiger partial charge in [0.15, 0.2) is 5.03 Å². The van der Waals surface area contributed by atoms with Gasteiger partial charge in [0.1, 0.15) is 0 Å². The third-order valence-corrected chi connectivity index (χ3v) is 5.04. The molecule has 0 amide bonds. The average molecular weight is 284 g/mol. The Labute approximate surface area is 114 Å². The van der Waals surface area contributed by atoms with Crippen LogP contribution in [0.2, 0.25) is 0 Å². The highest BCUT2D eigenvalue weighted by atomic mass is 32.2. The van der Waals surface area contributed by atoms with Crippen LogP contribution >= 0.6 is 0 Å². The van der Waals surface area contributed by atoms with Gasteiger partial charge in [-0.25, -0.2) is 13.4 Å². The molecule has 1 aliphatic heterocycles. The molecule has 1 fully saturated rings. The van der Waals surface area contributed by atoms with Crippen molar-refractivity contribution in [1.29, 1.82) is 0 Å². The van der Waals surface area contributed by atoms with Crippen LogP contribution < -0.4 is 5.32 Å². The van der Waals surface area contributed by atoms with Crippen molar-refractivity contribution in [3.8, 4) is 0 Å². The highest BCUT2D eigenvalue weighted by Gasteiger charge is 2.30. The summed E-state index contributed by atoms with van der Waals surface area (Å²) >= 11 is 0. The first-order valence-corrected chi connectivity index (χ1v) is 7.87. The summed E-state index contributed by atoms with van der Waals surface area (Å²) in [6.07, 6.45) is 1.52. The van der Waals surface area contributed by atoms with Crippen molar-refractivity contribution >= 4 is 15.7 Å². The Balaban J connectivity index is 2.29. The Bertz CT molecular complexity index is 524. The standard InChI is InChI=1S/C12H20N4O2S/c1-3-13-11-5-4-6-14-12(11)19(17,18)16-9-7-15(2)8-10-16/h4-6,13H,3,7-10H2,1-2H3. The maximum absolute atomic E-state index is 12.6. The first-order chi connectivity index (χ1) is 9.05. The van der Waals surface area contributed by atoms with Crippen molar-refractivity contribution in [2.24, 2.45) is 0 Å². The molecule has 1 aromatic rings. The first kappa shape index (κ1) is 14.2. The molecule has 1 saturated heterocycles. The van der Waals surface area contributed by atoms with Gasteiger partial charge in [-0.05, 0) is 26.1 Å². The summed E-state index contributed by atoms with van der Waals surface area (Å²) in [4.78, 5) is 6.18. The Morgan fingerprint density at radius 2 is 2.00 bits per heavy atom. The minimum atomic E-state index is -3.51. The van der Waals surface area contributed by atoms with Gasteiger partial charge < -0.3 is 10.2 Å². The number of sulfonamides is 1. The number of hydrogen-bond donors (Lipinski definition) is 1. The van der Waals surface area contributed by atoms with E-state index in [-0.39, 0.29) is 5.03 Å². The largest absolute Gasteiger partial charge is 0.383 e. The molecule has 6 nitrogen and oxygen atoms in total. The number of nitrogens with one attached hydrogen (secondary N) is 1. The van der Waals surface area contributed by atoms with E-state index in [0.29, 0.717) is 25.3 Å². The van der Waals surface area contributed by atoms with E-state index >= 15 is 0 Å². The molecule has 0 atom stereocenters. The van der Waals surface area contributed by atoms with Crippen LogP contribution in [0.5, 0.6) is 0 Å². The number of rotatable bonds is 4. The molecule has 1 N–H and O–H groups in total. The average Bonchev–Trinajstić information content (AvgIpc) is 2.40. The minimum Gasteiger partial charge on any atom is -0.383 e. The van der Waals surface area contributed by atoms with Gasteiger partial charge in [0.05, 0.1) is 5.69 Å². The number of nitrogens with zero attached hydrogens (tertiary/aromatic N) is 3. The maximum atomic E-state index is 12.6. The normalized spacial score (nSPS) is 18.4. The molecule has 0 aliphatic carbocycles. The van der Waals surface area contributed by atoms with Crippen molar-refractivity contribution < 1.29 is 8.42 Å².